The van der Waals surface area contributed by atoms with Gasteiger partial charge in [-0.25, -0.2) is 0 Å². The summed E-state index contributed by atoms with van der Waals surface area (Å²) in [5, 5.41) is 6.64. The second-order valence-electron chi connectivity index (χ2n) is 5.99. The first kappa shape index (κ1) is 15.5. The SMILES string of the molecule is CCCC1(C(=O)NC(C)CC(C)CC)CCCN1. The highest BCUT2D eigenvalue weighted by molar-refractivity contribution is 5.86. The maximum absolute atomic E-state index is 12.5. The summed E-state index contributed by atoms with van der Waals surface area (Å²) in [5.41, 5.74) is -0.279. The van der Waals surface area contributed by atoms with Crippen molar-refractivity contribution in [3.8, 4) is 0 Å². The molecule has 0 aromatic carbocycles. The molecule has 1 aliphatic heterocycles. The molecule has 0 aromatic heterocycles. The van der Waals surface area contributed by atoms with Crippen molar-refractivity contribution < 1.29 is 4.79 Å². The number of nitrogens with one attached hydrogen (secondary N) is 2. The number of hydrogen-bond acceptors (Lipinski definition) is 2. The molecular weight excluding hydrogens is 224 g/mol. The molecular formula is C15H30N2O. The summed E-state index contributed by atoms with van der Waals surface area (Å²) in [4.78, 5) is 12.5. The zero-order valence-electron chi connectivity index (χ0n) is 12.5. The summed E-state index contributed by atoms with van der Waals surface area (Å²) in [6, 6.07) is 0.281. The predicted octanol–water partition coefficient (Wildman–Crippen LogP) is 2.85. The van der Waals surface area contributed by atoms with Crippen LogP contribution in [0.3, 0.4) is 0 Å². The minimum absolute atomic E-state index is 0.220. The molecule has 0 spiro atoms. The summed E-state index contributed by atoms with van der Waals surface area (Å²) in [6.45, 7) is 9.71. The Bertz CT molecular complexity index is 259. The van der Waals surface area contributed by atoms with Gasteiger partial charge in [0.2, 0.25) is 5.91 Å². The molecule has 0 saturated carbocycles. The van der Waals surface area contributed by atoms with E-state index in [4.69, 9.17) is 0 Å². The fourth-order valence-corrected chi connectivity index (χ4v) is 2.94. The summed E-state index contributed by atoms with van der Waals surface area (Å²) in [7, 11) is 0. The van der Waals surface area contributed by atoms with E-state index in [1.165, 1.54) is 6.42 Å². The van der Waals surface area contributed by atoms with Crippen LogP contribution in [-0.2, 0) is 4.79 Å². The third-order valence-electron chi connectivity index (χ3n) is 4.19. The molecule has 1 saturated heterocycles. The first-order valence-corrected chi connectivity index (χ1v) is 7.60. The molecule has 0 aromatic rings. The Balaban J connectivity index is 2.51. The molecule has 3 atom stereocenters. The monoisotopic (exact) mass is 254 g/mol. The average molecular weight is 254 g/mol. The van der Waals surface area contributed by atoms with E-state index in [2.05, 4.69) is 38.3 Å². The Hall–Kier alpha value is -0.570. The molecule has 3 heteroatoms. The second kappa shape index (κ2) is 7.13. The molecule has 3 nitrogen and oxygen atoms in total. The maximum Gasteiger partial charge on any atom is 0.240 e. The number of carbonyl (C=O) groups excluding carboxylic acids is 1. The lowest BCUT2D eigenvalue weighted by molar-refractivity contribution is -0.128. The van der Waals surface area contributed by atoms with Crippen LogP contribution in [0.4, 0.5) is 0 Å². The van der Waals surface area contributed by atoms with E-state index in [0.29, 0.717) is 5.92 Å². The van der Waals surface area contributed by atoms with Gasteiger partial charge in [0, 0.05) is 6.04 Å². The van der Waals surface area contributed by atoms with Gasteiger partial charge in [-0.15, -0.1) is 0 Å². The smallest absolute Gasteiger partial charge is 0.240 e. The van der Waals surface area contributed by atoms with Gasteiger partial charge in [-0.1, -0.05) is 33.6 Å². The van der Waals surface area contributed by atoms with Crippen LogP contribution < -0.4 is 10.6 Å². The van der Waals surface area contributed by atoms with Gasteiger partial charge >= 0.3 is 0 Å². The molecule has 2 N–H and O–H groups in total. The molecule has 0 radical (unpaired) electrons. The molecule has 1 fully saturated rings. The fraction of sp³-hybridized carbons (Fsp3) is 0.933. The van der Waals surface area contributed by atoms with Crippen molar-refractivity contribution in [3.63, 3.8) is 0 Å². The number of hydrogen-bond donors (Lipinski definition) is 2. The number of amides is 1. The first-order chi connectivity index (χ1) is 8.54. The standard InChI is InChI=1S/C15H30N2O/c1-5-8-15(9-7-10-16-15)14(18)17-13(4)11-12(3)6-2/h12-13,16H,5-11H2,1-4H3,(H,17,18). The lowest BCUT2D eigenvalue weighted by Gasteiger charge is -2.30. The van der Waals surface area contributed by atoms with Gasteiger partial charge in [0.25, 0.3) is 0 Å². The Morgan fingerprint density at radius 3 is 2.61 bits per heavy atom. The van der Waals surface area contributed by atoms with E-state index < -0.39 is 0 Å². The van der Waals surface area contributed by atoms with Gasteiger partial charge in [-0.3, -0.25) is 4.79 Å². The van der Waals surface area contributed by atoms with E-state index in [1.807, 2.05) is 0 Å². The zero-order valence-corrected chi connectivity index (χ0v) is 12.5. The van der Waals surface area contributed by atoms with Crippen molar-refractivity contribution >= 4 is 5.91 Å². The highest BCUT2D eigenvalue weighted by Crippen LogP contribution is 2.25. The molecule has 1 aliphatic rings. The largest absolute Gasteiger partial charge is 0.352 e. The minimum Gasteiger partial charge on any atom is -0.352 e. The van der Waals surface area contributed by atoms with Crippen LogP contribution in [0, 0.1) is 5.92 Å². The summed E-state index contributed by atoms with van der Waals surface area (Å²) in [6.07, 6.45) is 6.37. The molecule has 106 valence electrons. The van der Waals surface area contributed by atoms with Gasteiger partial charge in [-0.2, -0.15) is 0 Å². The van der Waals surface area contributed by atoms with Crippen LogP contribution in [0.1, 0.15) is 66.2 Å². The van der Waals surface area contributed by atoms with Gasteiger partial charge in [0.05, 0.1) is 5.54 Å². The van der Waals surface area contributed by atoms with E-state index in [0.717, 1.165) is 38.6 Å². The Kier molecular flexibility index (Phi) is 6.13. The van der Waals surface area contributed by atoms with Gasteiger partial charge < -0.3 is 10.6 Å². The van der Waals surface area contributed by atoms with E-state index in [1.54, 1.807) is 0 Å². The van der Waals surface area contributed by atoms with Crippen LogP contribution in [0.5, 0.6) is 0 Å². The normalized spacial score (nSPS) is 26.9. The van der Waals surface area contributed by atoms with Crippen LogP contribution in [0.15, 0.2) is 0 Å². The Labute approximate surface area is 112 Å². The van der Waals surface area contributed by atoms with Crippen molar-refractivity contribution in [2.24, 2.45) is 5.92 Å². The van der Waals surface area contributed by atoms with Crippen LogP contribution in [0.2, 0.25) is 0 Å². The summed E-state index contributed by atoms with van der Waals surface area (Å²) < 4.78 is 0. The van der Waals surface area contributed by atoms with E-state index >= 15 is 0 Å². The second-order valence-corrected chi connectivity index (χ2v) is 5.99. The van der Waals surface area contributed by atoms with Crippen LogP contribution in [0.25, 0.3) is 0 Å². The molecule has 3 unspecified atom stereocenters. The topological polar surface area (TPSA) is 41.1 Å². The first-order valence-electron chi connectivity index (χ1n) is 7.60. The van der Waals surface area contributed by atoms with E-state index in [9.17, 15) is 4.79 Å². The van der Waals surface area contributed by atoms with Crippen LogP contribution in [-0.4, -0.2) is 24.0 Å². The maximum atomic E-state index is 12.5. The Morgan fingerprint density at radius 1 is 1.39 bits per heavy atom. The molecule has 1 rings (SSSR count). The van der Waals surface area contributed by atoms with Gasteiger partial charge in [-0.05, 0) is 45.1 Å². The van der Waals surface area contributed by atoms with Gasteiger partial charge in [0.15, 0.2) is 0 Å². The lowest BCUT2D eigenvalue weighted by Crippen LogP contribution is -2.55. The zero-order chi connectivity index (χ0) is 13.6. The highest BCUT2D eigenvalue weighted by atomic mass is 16.2. The van der Waals surface area contributed by atoms with Crippen molar-refractivity contribution in [1.29, 1.82) is 0 Å². The molecule has 1 heterocycles. The summed E-state index contributed by atoms with van der Waals surface area (Å²) in [5.74, 6) is 0.900. The van der Waals surface area contributed by atoms with Crippen LogP contribution >= 0.6 is 0 Å². The summed E-state index contributed by atoms with van der Waals surface area (Å²) >= 11 is 0. The van der Waals surface area contributed by atoms with E-state index in [-0.39, 0.29) is 17.5 Å². The van der Waals surface area contributed by atoms with Crippen molar-refractivity contribution in [3.05, 3.63) is 0 Å². The van der Waals surface area contributed by atoms with Crippen molar-refractivity contribution in [1.82, 2.24) is 10.6 Å². The highest BCUT2D eigenvalue weighted by Gasteiger charge is 2.40. The van der Waals surface area contributed by atoms with Crippen molar-refractivity contribution in [2.45, 2.75) is 77.8 Å². The predicted molar refractivity (Wildman–Crippen MR) is 76.6 cm³/mol. The fourth-order valence-electron chi connectivity index (χ4n) is 2.94. The molecule has 0 bridgehead atoms. The third-order valence-corrected chi connectivity index (χ3v) is 4.19. The van der Waals surface area contributed by atoms with Gasteiger partial charge in [0.1, 0.15) is 0 Å². The lowest BCUT2D eigenvalue weighted by atomic mass is 9.90. The number of rotatable bonds is 7. The third kappa shape index (κ3) is 3.98. The van der Waals surface area contributed by atoms with Crippen molar-refractivity contribution in [2.75, 3.05) is 6.54 Å². The molecule has 1 amide bonds. The quantitative estimate of drug-likeness (QED) is 0.733. The number of carbonyl (C=O) groups is 1. The molecule has 0 aliphatic carbocycles. The minimum atomic E-state index is -0.279. The average Bonchev–Trinajstić information content (AvgIpc) is 2.79. The molecule has 18 heavy (non-hydrogen) atoms. The Morgan fingerprint density at radius 2 is 2.11 bits per heavy atom.